The molecule has 0 aliphatic rings. The molecule has 7 nitrogen and oxygen atoms in total. The number of aliphatic carboxylic acids is 1. The summed E-state index contributed by atoms with van der Waals surface area (Å²) in [5.74, 6) is 0.471. The lowest BCUT2D eigenvalue weighted by Crippen LogP contribution is -2.36. The summed E-state index contributed by atoms with van der Waals surface area (Å²) in [6.07, 6.45) is 0.0956. The topological polar surface area (TPSA) is 85.3 Å². The summed E-state index contributed by atoms with van der Waals surface area (Å²) in [5, 5.41) is 9.19. The molecule has 0 saturated heterocycles. The van der Waals surface area contributed by atoms with Crippen molar-refractivity contribution in [1.82, 2.24) is 4.90 Å². The van der Waals surface area contributed by atoms with Crippen LogP contribution in [0.25, 0.3) is 0 Å². The first-order valence-electron chi connectivity index (χ1n) is 8.29. The van der Waals surface area contributed by atoms with Gasteiger partial charge in [0, 0.05) is 12.6 Å². The summed E-state index contributed by atoms with van der Waals surface area (Å²) >= 11 is 0. The molecule has 0 bridgehead atoms. The predicted octanol–water partition coefficient (Wildman–Crippen LogP) is 2.37. The third-order valence-corrected chi connectivity index (χ3v) is 3.98. The third-order valence-electron chi connectivity index (χ3n) is 3.98. The quantitative estimate of drug-likeness (QED) is 0.726. The highest BCUT2D eigenvalue weighted by Crippen LogP contribution is 2.23. The average Bonchev–Trinajstić information content (AvgIpc) is 2.67. The second-order valence-electron chi connectivity index (χ2n) is 5.89. The number of hydrogen-bond donors (Lipinski definition) is 1. The van der Waals surface area contributed by atoms with Crippen LogP contribution >= 0.6 is 0 Å². The van der Waals surface area contributed by atoms with Crippen LogP contribution in [0.1, 0.15) is 11.1 Å². The zero-order valence-corrected chi connectivity index (χ0v) is 15.6. The van der Waals surface area contributed by atoms with E-state index in [1.807, 2.05) is 0 Å². The average molecular weight is 373 g/mol. The summed E-state index contributed by atoms with van der Waals surface area (Å²) in [4.78, 5) is 25.2. The fourth-order valence-corrected chi connectivity index (χ4v) is 2.60. The number of amides is 1. The van der Waals surface area contributed by atoms with E-state index < -0.39 is 12.5 Å². The van der Waals surface area contributed by atoms with E-state index in [0.717, 1.165) is 11.1 Å². The zero-order valence-electron chi connectivity index (χ0n) is 15.6. The van der Waals surface area contributed by atoms with E-state index in [-0.39, 0.29) is 18.9 Å². The van der Waals surface area contributed by atoms with Crippen molar-refractivity contribution >= 4 is 11.9 Å². The molecule has 1 amide bonds. The van der Waals surface area contributed by atoms with Crippen molar-refractivity contribution in [3.05, 3.63) is 53.6 Å². The minimum Gasteiger partial charge on any atom is -0.497 e. The summed E-state index contributed by atoms with van der Waals surface area (Å²) in [6.45, 7) is -0.261. The normalized spacial score (nSPS) is 10.2. The first-order chi connectivity index (χ1) is 12.9. The minimum atomic E-state index is -1.08. The van der Waals surface area contributed by atoms with Gasteiger partial charge in [-0.2, -0.15) is 0 Å². The van der Waals surface area contributed by atoms with Crippen molar-refractivity contribution in [3.63, 3.8) is 0 Å². The Labute approximate surface area is 158 Å². The molecule has 1 N–H and O–H groups in total. The van der Waals surface area contributed by atoms with Crippen LogP contribution in [0.4, 0.5) is 0 Å². The number of carboxylic acids is 1. The van der Waals surface area contributed by atoms with Crippen LogP contribution in [0.3, 0.4) is 0 Å². The van der Waals surface area contributed by atoms with Crippen LogP contribution in [0.2, 0.25) is 0 Å². The molecule has 2 rings (SSSR count). The number of carboxylic acid groups (broad SMARTS) is 1. The SMILES string of the molecule is COc1ccc(CC(=O)N(CC(=O)O)Cc2cc(OC)cc(OC)c2)cc1. The summed E-state index contributed by atoms with van der Waals surface area (Å²) < 4.78 is 15.6. The maximum absolute atomic E-state index is 12.7. The van der Waals surface area contributed by atoms with Crippen molar-refractivity contribution < 1.29 is 28.9 Å². The van der Waals surface area contributed by atoms with E-state index in [1.54, 1.807) is 49.6 Å². The Balaban J connectivity index is 2.18. The molecule has 0 aromatic heterocycles. The van der Waals surface area contributed by atoms with Gasteiger partial charge in [-0.05, 0) is 35.4 Å². The number of rotatable bonds is 9. The lowest BCUT2D eigenvalue weighted by Gasteiger charge is -2.21. The van der Waals surface area contributed by atoms with Crippen molar-refractivity contribution in [1.29, 1.82) is 0 Å². The lowest BCUT2D eigenvalue weighted by molar-refractivity contribution is -0.144. The predicted molar refractivity (Wildman–Crippen MR) is 99.3 cm³/mol. The highest BCUT2D eigenvalue weighted by Gasteiger charge is 2.18. The van der Waals surface area contributed by atoms with Crippen molar-refractivity contribution in [2.45, 2.75) is 13.0 Å². The van der Waals surface area contributed by atoms with E-state index in [9.17, 15) is 14.7 Å². The van der Waals surface area contributed by atoms with Gasteiger partial charge in [-0.1, -0.05) is 12.1 Å². The Morgan fingerprint density at radius 2 is 1.41 bits per heavy atom. The minimum absolute atomic E-state index is 0.0956. The Morgan fingerprint density at radius 3 is 1.89 bits per heavy atom. The Bertz CT molecular complexity index is 765. The summed E-state index contributed by atoms with van der Waals surface area (Å²) in [6, 6.07) is 12.3. The highest BCUT2D eigenvalue weighted by atomic mass is 16.5. The molecule has 0 fully saturated rings. The molecule has 2 aromatic carbocycles. The molecule has 2 aromatic rings. The Kier molecular flexibility index (Phi) is 7.05. The van der Waals surface area contributed by atoms with Crippen LogP contribution in [0.15, 0.2) is 42.5 Å². The summed E-state index contributed by atoms with van der Waals surface area (Å²) in [5.41, 5.74) is 1.50. The molecule has 0 radical (unpaired) electrons. The van der Waals surface area contributed by atoms with Crippen LogP contribution in [0, 0.1) is 0 Å². The van der Waals surface area contributed by atoms with Gasteiger partial charge in [-0.3, -0.25) is 9.59 Å². The Hall–Kier alpha value is -3.22. The third kappa shape index (κ3) is 5.91. The van der Waals surface area contributed by atoms with E-state index in [1.165, 1.54) is 19.1 Å². The monoisotopic (exact) mass is 373 g/mol. The molecule has 7 heteroatoms. The first-order valence-corrected chi connectivity index (χ1v) is 8.29. The van der Waals surface area contributed by atoms with Crippen LogP contribution in [-0.4, -0.2) is 49.8 Å². The van der Waals surface area contributed by atoms with E-state index >= 15 is 0 Å². The van der Waals surface area contributed by atoms with Crippen molar-refractivity contribution in [2.75, 3.05) is 27.9 Å². The molecule has 0 aliphatic carbocycles. The number of ether oxygens (including phenoxy) is 3. The van der Waals surface area contributed by atoms with Crippen LogP contribution in [0.5, 0.6) is 17.2 Å². The van der Waals surface area contributed by atoms with Gasteiger partial charge in [0.05, 0.1) is 27.8 Å². The molecule has 0 spiro atoms. The zero-order chi connectivity index (χ0) is 19.8. The highest BCUT2D eigenvalue weighted by molar-refractivity contribution is 5.83. The largest absolute Gasteiger partial charge is 0.497 e. The number of benzene rings is 2. The molecule has 0 heterocycles. The van der Waals surface area contributed by atoms with Gasteiger partial charge in [0.15, 0.2) is 0 Å². The molecule has 144 valence electrons. The van der Waals surface area contributed by atoms with Crippen LogP contribution in [-0.2, 0) is 22.6 Å². The van der Waals surface area contributed by atoms with E-state index in [4.69, 9.17) is 14.2 Å². The molecule has 0 aliphatic heterocycles. The first kappa shape index (κ1) is 20.1. The number of hydrogen-bond acceptors (Lipinski definition) is 5. The smallest absolute Gasteiger partial charge is 0.323 e. The van der Waals surface area contributed by atoms with E-state index in [2.05, 4.69) is 0 Å². The van der Waals surface area contributed by atoms with Crippen molar-refractivity contribution in [2.24, 2.45) is 0 Å². The fraction of sp³-hybridized carbons (Fsp3) is 0.300. The number of carbonyl (C=O) groups excluding carboxylic acids is 1. The maximum atomic E-state index is 12.7. The molecule has 27 heavy (non-hydrogen) atoms. The van der Waals surface area contributed by atoms with Gasteiger partial charge in [0.2, 0.25) is 5.91 Å². The van der Waals surface area contributed by atoms with Gasteiger partial charge in [0.1, 0.15) is 23.8 Å². The molecular formula is C20H23NO6. The maximum Gasteiger partial charge on any atom is 0.323 e. The van der Waals surface area contributed by atoms with Gasteiger partial charge >= 0.3 is 5.97 Å². The van der Waals surface area contributed by atoms with Gasteiger partial charge in [0.25, 0.3) is 0 Å². The van der Waals surface area contributed by atoms with Gasteiger partial charge in [-0.25, -0.2) is 0 Å². The molecule has 0 saturated carbocycles. The van der Waals surface area contributed by atoms with Crippen molar-refractivity contribution in [3.8, 4) is 17.2 Å². The van der Waals surface area contributed by atoms with Gasteiger partial charge in [-0.15, -0.1) is 0 Å². The fourth-order valence-electron chi connectivity index (χ4n) is 2.60. The molecular weight excluding hydrogens is 350 g/mol. The number of carbonyl (C=O) groups is 2. The second-order valence-corrected chi connectivity index (χ2v) is 5.89. The van der Waals surface area contributed by atoms with E-state index in [0.29, 0.717) is 17.2 Å². The second kappa shape index (κ2) is 9.47. The Morgan fingerprint density at radius 1 is 0.852 bits per heavy atom. The molecule has 0 unspecified atom stereocenters. The van der Waals surface area contributed by atoms with Gasteiger partial charge < -0.3 is 24.2 Å². The number of methoxy groups -OCH3 is 3. The lowest BCUT2D eigenvalue weighted by atomic mass is 10.1. The summed E-state index contributed by atoms with van der Waals surface area (Å²) in [7, 11) is 4.63. The molecule has 0 atom stereocenters. The number of nitrogens with zero attached hydrogens (tertiary/aromatic N) is 1. The standard InChI is InChI=1S/C20H23NO6/c1-25-16-6-4-14(5-7-16)10-19(22)21(13-20(23)24)12-15-8-17(26-2)11-18(9-15)27-3/h4-9,11H,10,12-13H2,1-3H3,(H,23,24). The van der Waals surface area contributed by atoms with Crippen LogP contribution < -0.4 is 14.2 Å².